The zero-order chi connectivity index (χ0) is 11.5. The van der Waals surface area contributed by atoms with Gasteiger partial charge in [0.05, 0.1) is 30.7 Å². The largest absolute Gasteiger partial charge is 0.480 e. The highest BCUT2D eigenvalue weighted by Crippen LogP contribution is 2.23. The van der Waals surface area contributed by atoms with Gasteiger partial charge in [-0.1, -0.05) is 6.07 Å². The quantitative estimate of drug-likeness (QED) is 0.713. The molecule has 2 rings (SSSR count). The SMILES string of the molecule is COC(=O)c1cccc2c(OC)ncnc12. The van der Waals surface area contributed by atoms with Gasteiger partial charge in [0, 0.05) is 0 Å². The van der Waals surface area contributed by atoms with E-state index in [2.05, 4.69) is 14.7 Å². The lowest BCUT2D eigenvalue weighted by molar-refractivity contribution is 0.0603. The highest BCUT2D eigenvalue weighted by molar-refractivity contribution is 6.03. The number of hydrogen-bond donors (Lipinski definition) is 0. The van der Waals surface area contributed by atoms with E-state index in [0.717, 1.165) is 0 Å². The molecule has 2 aromatic rings. The highest BCUT2D eigenvalue weighted by atomic mass is 16.5. The second-order valence-electron chi connectivity index (χ2n) is 3.08. The number of fused-ring (bicyclic) bond motifs is 1. The summed E-state index contributed by atoms with van der Waals surface area (Å²) >= 11 is 0. The molecule has 0 aliphatic rings. The topological polar surface area (TPSA) is 61.3 Å². The molecule has 1 aromatic heterocycles. The number of rotatable bonds is 2. The predicted molar refractivity (Wildman–Crippen MR) is 57.4 cm³/mol. The standard InChI is InChI=1S/C11H10N2O3/c1-15-10-7-4-3-5-8(11(14)16-2)9(7)12-6-13-10/h3-6H,1-2H3. The number of carbonyl (C=O) groups excluding carboxylic acids is 1. The Morgan fingerprint density at radius 1 is 1.25 bits per heavy atom. The van der Waals surface area contributed by atoms with E-state index in [1.807, 2.05) is 0 Å². The van der Waals surface area contributed by atoms with Gasteiger partial charge in [-0.05, 0) is 12.1 Å². The second-order valence-corrected chi connectivity index (χ2v) is 3.08. The molecule has 0 N–H and O–H groups in total. The van der Waals surface area contributed by atoms with Crippen LogP contribution in [0.15, 0.2) is 24.5 Å². The van der Waals surface area contributed by atoms with Crippen LogP contribution >= 0.6 is 0 Å². The third-order valence-electron chi connectivity index (χ3n) is 2.23. The summed E-state index contributed by atoms with van der Waals surface area (Å²) in [6, 6.07) is 5.18. The fourth-order valence-electron chi connectivity index (χ4n) is 1.50. The lowest BCUT2D eigenvalue weighted by Crippen LogP contribution is -2.03. The molecule has 0 aliphatic carbocycles. The van der Waals surface area contributed by atoms with Crippen molar-refractivity contribution in [3.63, 3.8) is 0 Å². The molecule has 0 aliphatic heterocycles. The van der Waals surface area contributed by atoms with Crippen molar-refractivity contribution in [2.24, 2.45) is 0 Å². The molecule has 1 aromatic carbocycles. The van der Waals surface area contributed by atoms with Crippen LogP contribution in [0, 0.1) is 0 Å². The molecule has 0 amide bonds. The van der Waals surface area contributed by atoms with Crippen molar-refractivity contribution < 1.29 is 14.3 Å². The molecular formula is C11H10N2O3. The van der Waals surface area contributed by atoms with Crippen LogP contribution in [-0.2, 0) is 4.74 Å². The molecule has 0 radical (unpaired) electrons. The summed E-state index contributed by atoms with van der Waals surface area (Å²) in [5.74, 6) is 0.0158. The van der Waals surface area contributed by atoms with Crippen molar-refractivity contribution in [2.75, 3.05) is 14.2 Å². The average molecular weight is 218 g/mol. The van der Waals surface area contributed by atoms with Crippen molar-refractivity contribution in [1.29, 1.82) is 0 Å². The van der Waals surface area contributed by atoms with Gasteiger partial charge in [0.25, 0.3) is 0 Å². The number of hydrogen-bond acceptors (Lipinski definition) is 5. The monoisotopic (exact) mass is 218 g/mol. The zero-order valence-corrected chi connectivity index (χ0v) is 8.93. The summed E-state index contributed by atoms with van der Waals surface area (Å²) in [6.45, 7) is 0. The van der Waals surface area contributed by atoms with Gasteiger partial charge in [-0.2, -0.15) is 0 Å². The Balaban J connectivity index is 2.73. The van der Waals surface area contributed by atoms with Gasteiger partial charge in [0.1, 0.15) is 6.33 Å². The lowest BCUT2D eigenvalue weighted by atomic mass is 10.1. The Bertz CT molecular complexity index is 540. The summed E-state index contributed by atoms with van der Waals surface area (Å²) in [7, 11) is 2.85. The first-order valence-corrected chi connectivity index (χ1v) is 4.64. The van der Waals surface area contributed by atoms with E-state index in [9.17, 15) is 4.79 Å². The number of aromatic nitrogens is 2. The minimum atomic E-state index is -0.425. The molecular weight excluding hydrogens is 208 g/mol. The van der Waals surface area contributed by atoms with Crippen LogP contribution in [0.2, 0.25) is 0 Å². The van der Waals surface area contributed by atoms with Crippen molar-refractivity contribution in [3.05, 3.63) is 30.1 Å². The third-order valence-corrected chi connectivity index (χ3v) is 2.23. The van der Waals surface area contributed by atoms with E-state index >= 15 is 0 Å². The maximum atomic E-state index is 11.5. The molecule has 0 spiro atoms. The number of methoxy groups -OCH3 is 2. The highest BCUT2D eigenvalue weighted by Gasteiger charge is 2.13. The van der Waals surface area contributed by atoms with Gasteiger partial charge in [0.2, 0.25) is 5.88 Å². The van der Waals surface area contributed by atoms with Crippen molar-refractivity contribution >= 4 is 16.9 Å². The first-order valence-electron chi connectivity index (χ1n) is 4.64. The van der Waals surface area contributed by atoms with Crippen LogP contribution in [0.25, 0.3) is 10.9 Å². The Kier molecular flexibility index (Phi) is 2.68. The predicted octanol–water partition coefficient (Wildman–Crippen LogP) is 1.43. The lowest BCUT2D eigenvalue weighted by Gasteiger charge is -2.06. The van der Waals surface area contributed by atoms with Crippen LogP contribution in [0.4, 0.5) is 0 Å². The molecule has 0 saturated carbocycles. The van der Waals surface area contributed by atoms with Crippen molar-refractivity contribution in [1.82, 2.24) is 9.97 Å². The smallest absolute Gasteiger partial charge is 0.340 e. The molecule has 0 unspecified atom stereocenters. The van der Waals surface area contributed by atoms with Crippen LogP contribution in [-0.4, -0.2) is 30.2 Å². The Hall–Kier alpha value is -2.17. The van der Waals surface area contributed by atoms with Gasteiger partial charge in [-0.3, -0.25) is 0 Å². The number of ether oxygens (including phenoxy) is 2. The molecule has 1 heterocycles. The van der Waals surface area contributed by atoms with E-state index in [4.69, 9.17) is 4.74 Å². The average Bonchev–Trinajstić information content (AvgIpc) is 2.36. The molecule has 5 heteroatoms. The number of para-hydroxylation sites is 1. The van der Waals surface area contributed by atoms with E-state index in [0.29, 0.717) is 22.3 Å². The van der Waals surface area contributed by atoms with E-state index in [-0.39, 0.29) is 0 Å². The van der Waals surface area contributed by atoms with Gasteiger partial charge in [-0.25, -0.2) is 14.8 Å². The minimum absolute atomic E-state index is 0.403. The summed E-state index contributed by atoms with van der Waals surface area (Å²) in [5.41, 5.74) is 0.932. The Morgan fingerprint density at radius 2 is 2.06 bits per heavy atom. The molecule has 82 valence electrons. The Morgan fingerprint density at radius 3 is 2.75 bits per heavy atom. The van der Waals surface area contributed by atoms with E-state index in [1.165, 1.54) is 20.5 Å². The van der Waals surface area contributed by atoms with E-state index < -0.39 is 5.97 Å². The summed E-state index contributed by atoms with van der Waals surface area (Å²) < 4.78 is 9.77. The zero-order valence-electron chi connectivity index (χ0n) is 8.93. The maximum absolute atomic E-state index is 11.5. The summed E-state index contributed by atoms with van der Waals surface area (Å²) in [4.78, 5) is 19.5. The van der Waals surface area contributed by atoms with Crippen LogP contribution in [0.5, 0.6) is 5.88 Å². The number of benzene rings is 1. The minimum Gasteiger partial charge on any atom is -0.480 e. The van der Waals surface area contributed by atoms with Gasteiger partial charge in [0.15, 0.2) is 0 Å². The second kappa shape index (κ2) is 4.14. The summed E-state index contributed by atoms with van der Waals surface area (Å²) in [6.07, 6.45) is 1.35. The fourth-order valence-corrected chi connectivity index (χ4v) is 1.50. The fraction of sp³-hybridized carbons (Fsp3) is 0.182. The van der Waals surface area contributed by atoms with Gasteiger partial charge < -0.3 is 9.47 Å². The molecule has 0 bridgehead atoms. The Labute approximate surface area is 92.0 Å². The van der Waals surface area contributed by atoms with Gasteiger partial charge in [-0.15, -0.1) is 0 Å². The van der Waals surface area contributed by atoms with Crippen molar-refractivity contribution in [3.8, 4) is 5.88 Å². The van der Waals surface area contributed by atoms with E-state index in [1.54, 1.807) is 18.2 Å². The molecule has 5 nitrogen and oxygen atoms in total. The number of nitrogens with zero attached hydrogens (tertiary/aromatic N) is 2. The van der Waals surface area contributed by atoms with Crippen LogP contribution < -0.4 is 4.74 Å². The number of esters is 1. The first-order chi connectivity index (χ1) is 7.77. The van der Waals surface area contributed by atoms with Crippen LogP contribution in [0.3, 0.4) is 0 Å². The molecule has 0 saturated heterocycles. The molecule has 0 fully saturated rings. The first kappa shape index (κ1) is 10.4. The summed E-state index contributed by atoms with van der Waals surface area (Å²) in [5, 5.41) is 0.688. The maximum Gasteiger partial charge on any atom is 0.340 e. The third kappa shape index (κ3) is 1.56. The number of carbonyl (C=O) groups is 1. The molecule has 0 atom stereocenters. The normalized spacial score (nSPS) is 10.1. The van der Waals surface area contributed by atoms with Gasteiger partial charge >= 0.3 is 5.97 Å². The van der Waals surface area contributed by atoms with Crippen LogP contribution in [0.1, 0.15) is 10.4 Å². The molecule has 16 heavy (non-hydrogen) atoms. The van der Waals surface area contributed by atoms with Crippen molar-refractivity contribution in [2.45, 2.75) is 0 Å².